The number of amides is 2. The Balaban J connectivity index is 1.92. The molecule has 78 valence electrons. The lowest BCUT2D eigenvalue weighted by molar-refractivity contribution is -0.158. The van der Waals surface area contributed by atoms with E-state index in [9.17, 15) is 9.59 Å². The number of carbonyl (C=O) groups excluding carboxylic acids is 2. The molecule has 0 aromatic heterocycles. The predicted molar refractivity (Wildman–Crippen MR) is 48.2 cm³/mol. The summed E-state index contributed by atoms with van der Waals surface area (Å²) in [6.07, 6.45) is 2.24. The molecule has 1 saturated carbocycles. The van der Waals surface area contributed by atoms with Gasteiger partial charge in [0, 0.05) is 12.6 Å². The van der Waals surface area contributed by atoms with E-state index in [-0.39, 0.29) is 31.1 Å². The van der Waals surface area contributed by atoms with Crippen molar-refractivity contribution in [1.29, 1.82) is 0 Å². The van der Waals surface area contributed by atoms with Crippen molar-refractivity contribution in [3.05, 3.63) is 0 Å². The van der Waals surface area contributed by atoms with Crippen LogP contribution in [0.5, 0.6) is 0 Å². The van der Waals surface area contributed by atoms with Crippen molar-refractivity contribution in [3.8, 4) is 0 Å². The molecule has 5 heteroatoms. The van der Waals surface area contributed by atoms with E-state index in [2.05, 4.69) is 0 Å². The molecule has 2 rings (SSSR count). The lowest BCUT2D eigenvalue weighted by atomic mass is 10.2. The van der Waals surface area contributed by atoms with E-state index in [0.29, 0.717) is 12.5 Å². The van der Waals surface area contributed by atoms with Gasteiger partial charge in [-0.2, -0.15) is 0 Å². The molecule has 14 heavy (non-hydrogen) atoms. The molecule has 2 aliphatic rings. The second kappa shape index (κ2) is 3.67. The largest absolute Gasteiger partial charge is 0.362 e. The van der Waals surface area contributed by atoms with Crippen LogP contribution in [0.1, 0.15) is 12.8 Å². The molecule has 0 radical (unpaired) electrons. The Kier molecular flexibility index (Phi) is 2.52. The van der Waals surface area contributed by atoms with Crippen molar-refractivity contribution in [2.45, 2.75) is 18.9 Å². The van der Waals surface area contributed by atoms with Crippen LogP contribution in [0.2, 0.25) is 0 Å². The highest BCUT2D eigenvalue weighted by Gasteiger charge is 2.34. The molecule has 0 aromatic carbocycles. The second-order valence-corrected chi connectivity index (χ2v) is 3.89. The summed E-state index contributed by atoms with van der Waals surface area (Å²) < 4.78 is 4.80. The number of hydrogen-bond donors (Lipinski definition) is 1. The zero-order valence-corrected chi connectivity index (χ0v) is 7.94. The third-order valence-corrected chi connectivity index (χ3v) is 2.67. The number of carbonyl (C=O) groups is 2. The van der Waals surface area contributed by atoms with Crippen molar-refractivity contribution < 1.29 is 14.3 Å². The van der Waals surface area contributed by atoms with Gasteiger partial charge in [-0.05, 0) is 18.8 Å². The van der Waals surface area contributed by atoms with Gasteiger partial charge in [0.1, 0.15) is 13.2 Å². The van der Waals surface area contributed by atoms with Gasteiger partial charge < -0.3 is 10.5 Å². The summed E-state index contributed by atoms with van der Waals surface area (Å²) in [5.41, 5.74) is 5.85. The fraction of sp³-hybridized carbons (Fsp3) is 0.778. The topological polar surface area (TPSA) is 72.6 Å². The van der Waals surface area contributed by atoms with Gasteiger partial charge in [-0.1, -0.05) is 0 Å². The van der Waals surface area contributed by atoms with Gasteiger partial charge in [0.05, 0.1) is 0 Å². The number of nitrogens with zero attached hydrogens (tertiary/aromatic N) is 1. The van der Waals surface area contributed by atoms with Crippen molar-refractivity contribution in [3.63, 3.8) is 0 Å². The maximum atomic E-state index is 11.3. The molecule has 2 fully saturated rings. The average molecular weight is 198 g/mol. The van der Waals surface area contributed by atoms with E-state index in [4.69, 9.17) is 10.5 Å². The van der Waals surface area contributed by atoms with Crippen molar-refractivity contribution in [2.24, 2.45) is 11.7 Å². The van der Waals surface area contributed by atoms with Crippen molar-refractivity contribution >= 4 is 11.8 Å². The molecular formula is C9H14N2O3. The molecule has 1 saturated heterocycles. The fourth-order valence-electron chi connectivity index (χ4n) is 1.61. The quantitative estimate of drug-likeness (QED) is 0.597. The SMILES string of the molecule is NC(CN1C(=O)COCC1=O)C1CC1. The smallest absolute Gasteiger partial charge is 0.255 e. The molecule has 1 atom stereocenters. The van der Waals surface area contributed by atoms with E-state index >= 15 is 0 Å². The molecule has 5 nitrogen and oxygen atoms in total. The van der Waals surface area contributed by atoms with Crippen molar-refractivity contribution in [1.82, 2.24) is 4.90 Å². The highest BCUT2D eigenvalue weighted by Crippen LogP contribution is 2.31. The number of ether oxygens (including phenoxy) is 1. The van der Waals surface area contributed by atoms with Gasteiger partial charge in [-0.25, -0.2) is 0 Å². The Hall–Kier alpha value is -0.940. The number of imide groups is 1. The van der Waals surface area contributed by atoms with Crippen LogP contribution >= 0.6 is 0 Å². The first-order chi connectivity index (χ1) is 6.68. The lowest BCUT2D eigenvalue weighted by Crippen LogP contribution is -2.51. The first kappa shape index (κ1) is 9.61. The first-order valence-electron chi connectivity index (χ1n) is 4.85. The van der Waals surface area contributed by atoms with E-state index in [1.807, 2.05) is 0 Å². The summed E-state index contributed by atoms with van der Waals surface area (Å²) in [6.45, 7) is 0.359. The number of nitrogens with two attached hydrogens (primary N) is 1. The van der Waals surface area contributed by atoms with Crippen LogP contribution in [0.15, 0.2) is 0 Å². The van der Waals surface area contributed by atoms with Crippen LogP contribution < -0.4 is 5.73 Å². The maximum Gasteiger partial charge on any atom is 0.255 e. The minimum Gasteiger partial charge on any atom is -0.362 e. The molecule has 0 spiro atoms. The molecule has 2 amide bonds. The molecule has 1 heterocycles. The maximum absolute atomic E-state index is 11.3. The van der Waals surface area contributed by atoms with E-state index in [1.54, 1.807) is 0 Å². The zero-order valence-electron chi connectivity index (χ0n) is 7.94. The van der Waals surface area contributed by atoms with E-state index in [0.717, 1.165) is 12.8 Å². The Morgan fingerprint density at radius 1 is 1.36 bits per heavy atom. The summed E-state index contributed by atoms with van der Waals surface area (Å²) in [5.74, 6) is -0.0341. The monoisotopic (exact) mass is 198 g/mol. The van der Waals surface area contributed by atoms with E-state index in [1.165, 1.54) is 4.90 Å². The number of rotatable bonds is 3. The van der Waals surface area contributed by atoms with Gasteiger partial charge >= 0.3 is 0 Å². The molecule has 2 N–H and O–H groups in total. The molecule has 0 bridgehead atoms. The second-order valence-electron chi connectivity index (χ2n) is 3.89. The van der Waals surface area contributed by atoms with Crippen molar-refractivity contribution in [2.75, 3.05) is 19.8 Å². The third kappa shape index (κ3) is 1.93. The molecule has 1 unspecified atom stereocenters. The van der Waals surface area contributed by atoms with Crippen LogP contribution in [0.25, 0.3) is 0 Å². The first-order valence-corrected chi connectivity index (χ1v) is 4.85. The molecule has 1 aliphatic heterocycles. The van der Waals surface area contributed by atoms with Gasteiger partial charge in [-0.15, -0.1) is 0 Å². The number of hydrogen-bond acceptors (Lipinski definition) is 4. The van der Waals surface area contributed by atoms with Gasteiger partial charge in [0.25, 0.3) is 11.8 Å². The van der Waals surface area contributed by atoms with Crippen LogP contribution in [0, 0.1) is 5.92 Å². The highest BCUT2D eigenvalue weighted by atomic mass is 16.5. The summed E-state index contributed by atoms with van der Waals surface area (Å²) >= 11 is 0. The van der Waals surface area contributed by atoms with E-state index < -0.39 is 0 Å². The standard InChI is InChI=1S/C9H14N2O3/c10-7(6-1-2-6)3-11-8(12)4-14-5-9(11)13/h6-7H,1-5,10H2. The third-order valence-electron chi connectivity index (χ3n) is 2.67. The zero-order chi connectivity index (χ0) is 10.1. The van der Waals surface area contributed by atoms with Gasteiger partial charge in [0.2, 0.25) is 0 Å². The van der Waals surface area contributed by atoms with Crippen LogP contribution in [0.3, 0.4) is 0 Å². The molecule has 1 aliphatic carbocycles. The summed E-state index contributed by atoms with van der Waals surface area (Å²) in [4.78, 5) is 23.8. The Labute approximate surface area is 82.2 Å². The Morgan fingerprint density at radius 2 is 1.93 bits per heavy atom. The predicted octanol–water partition coefficient (Wildman–Crippen LogP) is -0.891. The van der Waals surface area contributed by atoms with Gasteiger partial charge in [-0.3, -0.25) is 14.5 Å². The Bertz CT molecular complexity index is 247. The lowest BCUT2D eigenvalue weighted by Gasteiger charge is -2.27. The van der Waals surface area contributed by atoms with Crippen LogP contribution in [-0.2, 0) is 14.3 Å². The summed E-state index contributed by atoms with van der Waals surface area (Å²) in [6, 6.07) is -0.0546. The Morgan fingerprint density at radius 3 is 2.43 bits per heavy atom. The number of morpholine rings is 1. The minimum absolute atomic E-state index is 0.00310. The van der Waals surface area contributed by atoms with Crippen LogP contribution in [0.4, 0.5) is 0 Å². The fourth-order valence-corrected chi connectivity index (χ4v) is 1.61. The summed E-state index contributed by atoms with van der Waals surface area (Å²) in [5, 5.41) is 0. The van der Waals surface area contributed by atoms with Crippen LogP contribution in [-0.4, -0.2) is 42.5 Å². The minimum atomic E-state index is -0.266. The average Bonchev–Trinajstić information content (AvgIpc) is 2.94. The molecule has 0 aromatic rings. The van der Waals surface area contributed by atoms with Gasteiger partial charge in [0.15, 0.2) is 0 Å². The summed E-state index contributed by atoms with van der Waals surface area (Å²) in [7, 11) is 0. The normalized spacial score (nSPS) is 25.4. The molecular weight excluding hydrogens is 184 g/mol. The highest BCUT2D eigenvalue weighted by molar-refractivity contribution is 5.98.